The van der Waals surface area contributed by atoms with Crippen molar-refractivity contribution in [1.29, 1.82) is 0 Å². The average Bonchev–Trinajstić information content (AvgIpc) is 4.14. The molecule has 10 rings (SSSR count). The van der Waals surface area contributed by atoms with Gasteiger partial charge in [0, 0.05) is 115 Å². The molecule has 14 nitrogen and oxygen atoms in total. The summed E-state index contributed by atoms with van der Waals surface area (Å²) in [6, 6.07) is 19.3. The molecule has 8 aromatic heterocycles. The van der Waals surface area contributed by atoms with Gasteiger partial charge in [0.1, 0.15) is 24.1 Å². The van der Waals surface area contributed by atoms with E-state index in [-0.39, 0.29) is 11.6 Å². The van der Waals surface area contributed by atoms with Gasteiger partial charge in [-0.2, -0.15) is 10.2 Å². The third-order valence-corrected chi connectivity index (χ3v) is 12.1. The average molecular weight is 959 g/mol. The number of benzene rings is 2. The molecule has 0 saturated carbocycles. The Kier molecular flexibility index (Phi) is 14.2. The topological polar surface area (TPSA) is 186 Å². The first-order chi connectivity index (χ1) is 31.3. The maximum Gasteiger partial charge on any atom is 0.160 e. The molecule has 65 heavy (non-hydrogen) atoms. The van der Waals surface area contributed by atoms with E-state index in [1.165, 1.54) is 24.3 Å². The summed E-state index contributed by atoms with van der Waals surface area (Å²) < 4.78 is 40.8. The van der Waals surface area contributed by atoms with Crippen LogP contribution in [0.5, 0.6) is 0 Å². The van der Waals surface area contributed by atoms with Crippen LogP contribution >= 0.6 is 15.9 Å². The number of nitrogens with zero attached hydrogens (tertiary/aromatic N) is 9. The predicted octanol–water partition coefficient (Wildman–Crippen LogP) is 10.7. The fourth-order valence-electron chi connectivity index (χ4n) is 6.84. The van der Waals surface area contributed by atoms with Crippen molar-refractivity contribution < 1.29 is 13.5 Å². The largest absolute Gasteiger partial charge is 0.396 e. The Morgan fingerprint density at radius 3 is 1.68 bits per heavy atom. The first kappa shape index (κ1) is 45.9. The summed E-state index contributed by atoms with van der Waals surface area (Å²) >= 11 is 3.34. The van der Waals surface area contributed by atoms with Gasteiger partial charge >= 0.3 is 0 Å². The number of fused-ring (bicyclic) bond motifs is 3. The molecule has 0 aliphatic heterocycles. The predicted molar refractivity (Wildman–Crippen MR) is 262 cm³/mol. The van der Waals surface area contributed by atoms with Gasteiger partial charge in [-0.15, -0.1) is 0 Å². The second kappa shape index (κ2) is 20.1. The highest BCUT2D eigenvalue weighted by molar-refractivity contribution is 9.10. The molecule has 0 aliphatic rings. The van der Waals surface area contributed by atoms with Crippen molar-refractivity contribution in [2.45, 2.75) is 46.3 Å². The molecule has 0 spiro atoms. The number of rotatable bonds is 9. The molecule has 334 valence electrons. The number of anilines is 3. The van der Waals surface area contributed by atoms with Crippen LogP contribution in [0, 0.1) is 11.6 Å². The highest BCUT2D eigenvalue weighted by Gasteiger charge is 2.17. The zero-order valence-electron chi connectivity index (χ0n) is 36.6. The van der Waals surface area contributed by atoms with E-state index in [0.717, 1.165) is 66.6 Å². The van der Waals surface area contributed by atoms with Gasteiger partial charge in [0.25, 0.3) is 0 Å². The van der Waals surface area contributed by atoms with Crippen LogP contribution in [0.3, 0.4) is 0 Å². The monoisotopic (exact) mass is 957 g/mol. The lowest BCUT2D eigenvalue weighted by atomic mass is 10.0. The number of nitrogen functional groups attached to an aromatic ring is 3. The number of H-pyrrole nitrogens is 1. The van der Waals surface area contributed by atoms with Gasteiger partial charge < -0.3 is 35.1 Å². The van der Waals surface area contributed by atoms with Crippen LogP contribution in [-0.2, 0) is 11.5 Å². The normalized spacial score (nSPS) is 11.2. The van der Waals surface area contributed by atoms with Crippen molar-refractivity contribution in [2.24, 2.45) is 0 Å². The minimum Gasteiger partial charge on any atom is -0.396 e. The Morgan fingerprint density at radius 1 is 0.646 bits per heavy atom. The third kappa shape index (κ3) is 11.0. The highest BCUT2D eigenvalue weighted by Crippen LogP contribution is 2.34. The van der Waals surface area contributed by atoms with Crippen LogP contribution in [0.4, 0.5) is 25.8 Å². The number of imidazole rings is 3. The molecular formula is C47H50BrF2N13OSi. The minimum absolute atomic E-state index is 0.270. The number of hydrogen-bond acceptors (Lipinski definition) is 9. The quantitative estimate of drug-likeness (QED) is 0.0807. The summed E-state index contributed by atoms with van der Waals surface area (Å²) in [6.07, 6.45) is 20.2. The molecule has 7 N–H and O–H groups in total. The van der Waals surface area contributed by atoms with Gasteiger partial charge in [-0.1, -0.05) is 33.5 Å². The SMILES string of the molecule is CC.C[Si](C)(C)CCOCn1cc(-c2cc(N)c3nccn3c2)c(-c2ccc(F)cc2)n1.Nc1cc(-c2cn[nH]c2-c2ccc(F)cc2)cn2ccnc12.Nc1cc(Br)cn2ccnc12. The summed E-state index contributed by atoms with van der Waals surface area (Å²) in [4.78, 5) is 12.6. The van der Waals surface area contributed by atoms with Gasteiger partial charge in [-0.3, -0.25) is 5.10 Å². The maximum atomic E-state index is 13.5. The molecule has 0 radical (unpaired) electrons. The Labute approximate surface area is 383 Å². The molecule has 0 atom stereocenters. The van der Waals surface area contributed by atoms with Crippen molar-refractivity contribution in [3.05, 3.63) is 151 Å². The number of hydrogen-bond donors (Lipinski definition) is 4. The third-order valence-electron chi connectivity index (χ3n) is 10.0. The molecule has 0 aliphatic carbocycles. The fraction of sp³-hybridized carbons (Fsp3) is 0.170. The lowest BCUT2D eigenvalue weighted by Crippen LogP contribution is -2.22. The van der Waals surface area contributed by atoms with Crippen molar-refractivity contribution in [1.82, 2.24) is 48.1 Å². The second-order valence-corrected chi connectivity index (χ2v) is 22.4. The first-order valence-electron chi connectivity index (χ1n) is 20.8. The maximum absolute atomic E-state index is 13.5. The summed E-state index contributed by atoms with van der Waals surface area (Å²) in [6.45, 7) is 12.1. The summed E-state index contributed by atoms with van der Waals surface area (Å²) in [5, 5.41) is 11.8. The molecular weight excluding hydrogens is 909 g/mol. The van der Waals surface area contributed by atoms with E-state index < -0.39 is 8.07 Å². The van der Waals surface area contributed by atoms with Gasteiger partial charge in [0.15, 0.2) is 16.9 Å². The molecule has 0 saturated heterocycles. The van der Waals surface area contributed by atoms with Gasteiger partial charge in [0.05, 0.1) is 29.0 Å². The van der Waals surface area contributed by atoms with Crippen LogP contribution in [0.1, 0.15) is 13.8 Å². The number of halogens is 3. The summed E-state index contributed by atoms with van der Waals surface area (Å²) in [5.74, 6) is -0.549. The van der Waals surface area contributed by atoms with Crippen molar-refractivity contribution in [2.75, 3.05) is 23.8 Å². The molecule has 0 unspecified atom stereocenters. The lowest BCUT2D eigenvalue weighted by molar-refractivity contribution is 0.0788. The van der Waals surface area contributed by atoms with E-state index in [0.29, 0.717) is 36.0 Å². The van der Waals surface area contributed by atoms with Crippen molar-refractivity contribution >= 4 is 58.0 Å². The number of pyridine rings is 3. The van der Waals surface area contributed by atoms with Crippen molar-refractivity contribution in [3.63, 3.8) is 0 Å². The van der Waals surface area contributed by atoms with E-state index in [2.05, 4.69) is 60.7 Å². The zero-order valence-corrected chi connectivity index (χ0v) is 39.2. The van der Waals surface area contributed by atoms with E-state index in [4.69, 9.17) is 27.0 Å². The number of nitrogens with two attached hydrogens (primary N) is 3. The molecule has 0 fully saturated rings. The molecule has 0 bridgehead atoms. The first-order valence-corrected chi connectivity index (χ1v) is 25.3. The lowest BCUT2D eigenvalue weighted by Gasteiger charge is -2.15. The Balaban J connectivity index is 0.000000156. The van der Waals surface area contributed by atoms with Crippen LogP contribution in [-0.4, -0.2) is 62.8 Å². The van der Waals surface area contributed by atoms with Crippen LogP contribution in [0.15, 0.2) is 139 Å². The van der Waals surface area contributed by atoms with E-state index >= 15 is 0 Å². The Morgan fingerprint density at radius 2 is 1.14 bits per heavy atom. The number of aromatic nitrogens is 10. The Bertz CT molecular complexity index is 3150. The minimum atomic E-state index is -1.15. The van der Waals surface area contributed by atoms with Crippen LogP contribution in [0.25, 0.3) is 61.7 Å². The fourth-order valence-corrected chi connectivity index (χ4v) is 8.06. The number of nitrogens with one attached hydrogen (secondary N) is 1. The van der Waals surface area contributed by atoms with Gasteiger partial charge in [0.2, 0.25) is 0 Å². The molecule has 2 aromatic carbocycles. The standard InChI is InChI=1S/C22H26FN5OSi.C16H12FN5.C7H6BrN3.C2H6/c1-30(2,3)11-10-29-15-28-14-19(21(26-28)16-4-6-18(23)7-5-16)17-12-20(24)22-25-8-9-27(22)13-17;17-12-3-1-10(2-4-12)15-13(8-20-21-15)11-7-14(18)16-19-5-6-22(16)9-11;8-5-3-6(9)7-10-1-2-11(7)4-5;1-2/h4-9,12-14H,10-11,15,24H2,1-3H3;1-9H,18H2,(H,20,21);1-4H,9H2;1-2H3. The molecule has 10 aromatic rings. The van der Waals surface area contributed by atoms with Crippen LogP contribution in [0.2, 0.25) is 25.7 Å². The number of aromatic amines is 1. The van der Waals surface area contributed by atoms with Crippen molar-refractivity contribution in [3.8, 4) is 44.8 Å². The van der Waals surface area contributed by atoms with Crippen LogP contribution < -0.4 is 17.2 Å². The van der Waals surface area contributed by atoms with E-state index in [1.54, 1.807) is 53.7 Å². The zero-order chi connectivity index (χ0) is 46.3. The summed E-state index contributed by atoms with van der Waals surface area (Å²) in [7, 11) is -1.15. The van der Waals surface area contributed by atoms with Gasteiger partial charge in [-0.25, -0.2) is 28.4 Å². The molecule has 8 heterocycles. The van der Waals surface area contributed by atoms with E-state index in [1.807, 2.05) is 88.6 Å². The smallest absolute Gasteiger partial charge is 0.160 e. The van der Waals surface area contributed by atoms with E-state index in [9.17, 15) is 8.78 Å². The number of ether oxygens (including phenoxy) is 1. The second-order valence-electron chi connectivity index (χ2n) is 15.9. The highest BCUT2D eigenvalue weighted by atomic mass is 79.9. The molecule has 18 heteroatoms. The van der Waals surface area contributed by atoms with Gasteiger partial charge in [-0.05, 0) is 88.7 Å². The molecule has 0 amide bonds. The Hall–Kier alpha value is -7.15. The summed E-state index contributed by atoms with van der Waals surface area (Å²) in [5.41, 5.74) is 28.9.